The minimum Gasteiger partial charge on any atom is -0.460 e. The first-order valence-corrected chi connectivity index (χ1v) is 10.2. The fraction of sp³-hybridized carbons (Fsp3) is 0.905. The predicted molar refractivity (Wildman–Crippen MR) is 97.2 cm³/mol. The zero-order valence-corrected chi connectivity index (χ0v) is 16.5. The Labute approximate surface area is 156 Å². The van der Waals surface area contributed by atoms with Crippen LogP contribution in [-0.4, -0.2) is 40.8 Å². The second kappa shape index (κ2) is 6.90. The van der Waals surface area contributed by atoms with Crippen LogP contribution < -0.4 is 0 Å². The standard InChI is InChI=1S/C21H34O5/c1-5-14-10-16(26-17(24)11-22)20(4)12(2)6-8-21(13(3)18(14)25)9-7-15(23)19(20)21/h12-14,16,18-19,22,25H,5-11H2,1-4H3/t12-,13+,14+,16+,18+,19+,20+,21+/m1/s1. The van der Waals surface area contributed by atoms with E-state index >= 15 is 0 Å². The summed E-state index contributed by atoms with van der Waals surface area (Å²) in [6, 6.07) is 0. The van der Waals surface area contributed by atoms with Crippen LogP contribution in [0.4, 0.5) is 0 Å². The van der Waals surface area contributed by atoms with E-state index in [1.165, 1.54) is 0 Å². The van der Waals surface area contributed by atoms with E-state index in [2.05, 4.69) is 27.7 Å². The highest BCUT2D eigenvalue weighted by Gasteiger charge is 2.67. The van der Waals surface area contributed by atoms with Gasteiger partial charge in [-0.25, -0.2) is 4.79 Å². The van der Waals surface area contributed by atoms with Crippen molar-refractivity contribution in [2.45, 2.75) is 78.4 Å². The first-order chi connectivity index (χ1) is 12.2. The molecule has 8 atom stereocenters. The third-order valence-corrected chi connectivity index (χ3v) is 8.50. The van der Waals surface area contributed by atoms with Crippen LogP contribution in [0.3, 0.4) is 0 Å². The van der Waals surface area contributed by atoms with Gasteiger partial charge in [-0.15, -0.1) is 0 Å². The van der Waals surface area contributed by atoms with Gasteiger partial charge in [0.25, 0.3) is 0 Å². The average molecular weight is 366 g/mol. The molecule has 0 saturated heterocycles. The minimum absolute atomic E-state index is 0.0274. The van der Waals surface area contributed by atoms with Gasteiger partial charge in [0.05, 0.1) is 6.10 Å². The topological polar surface area (TPSA) is 83.8 Å². The molecule has 0 aromatic carbocycles. The molecule has 5 nitrogen and oxygen atoms in total. The van der Waals surface area contributed by atoms with Gasteiger partial charge in [0.1, 0.15) is 18.5 Å². The molecule has 3 aliphatic rings. The van der Waals surface area contributed by atoms with E-state index in [4.69, 9.17) is 4.74 Å². The molecule has 0 spiro atoms. The lowest BCUT2D eigenvalue weighted by molar-refractivity contribution is -0.202. The Kier molecular flexibility index (Phi) is 5.26. The smallest absolute Gasteiger partial charge is 0.332 e. The SMILES string of the molecule is CC[C@H]1C[C@H](OC(=O)CO)[C@]2(C)[C@H](C)CC[C@]3(CCC(=O)[C@H]32)[C@@H](C)[C@@H]1O. The molecule has 3 fully saturated rings. The zero-order valence-electron chi connectivity index (χ0n) is 16.5. The summed E-state index contributed by atoms with van der Waals surface area (Å²) in [5.74, 6) is -0.220. The van der Waals surface area contributed by atoms with Crippen molar-refractivity contribution in [3.8, 4) is 0 Å². The Morgan fingerprint density at radius 3 is 2.62 bits per heavy atom. The van der Waals surface area contributed by atoms with Gasteiger partial charge in [0, 0.05) is 17.8 Å². The number of hydrogen-bond donors (Lipinski definition) is 2. The van der Waals surface area contributed by atoms with Crippen LogP contribution in [0, 0.1) is 34.5 Å². The number of ketones is 1. The number of esters is 1. The Balaban J connectivity index is 2.14. The Hall–Kier alpha value is -0.940. The molecule has 0 aliphatic heterocycles. The summed E-state index contributed by atoms with van der Waals surface area (Å²) in [7, 11) is 0. The molecule has 0 radical (unpaired) electrons. The van der Waals surface area contributed by atoms with E-state index in [0.717, 1.165) is 25.7 Å². The van der Waals surface area contributed by atoms with Crippen LogP contribution in [0.1, 0.15) is 66.2 Å². The van der Waals surface area contributed by atoms with Crippen molar-refractivity contribution in [2.75, 3.05) is 6.61 Å². The number of aliphatic hydroxyl groups is 2. The maximum absolute atomic E-state index is 13.1. The summed E-state index contributed by atoms with van der Waals surface area (Å²) in [5.41, 5.74) is -0.645. The highest BCUT2D eigenvalue weighted by atomic mass is 16.6. The fourth-order valence-electron chi connectivity index (χ4n) is 6.70. The van der Waals surface area contributed by atoms with E-state index in [1.807, 2.05) is 0 Å². The van der Waals surface area contributed by atoms with Crippen LogP contribution >= 0.6 is 0 Å². The number of hydrogen-bond acceptors (Lipinski definition) is 5. The molecule has 148 valence electrons. The summed E-state index contributed by atoms with van der Waals surface area (Å²) >= 11 is 0. The molecular formula is C21H34O5. The average Bonchev–Trinajstić information content (AvgIpc) is 2.98. The highest BCUT2D eigenvalue weighted by molar-refractivity contribution is 5.85. The van der Waals surface area contributed by atoms with Crippen molar-refractivity contribution >= 4 is 11.8 Å². The van der Waals surface area contributed by atoms with Crippen molar-refractivity contribution in [3.63, 3.8) is 0 Å². The molecule has 3 rings (SSSR count). The van der Waals surface area contributed by atoms with Gasteiger partial charge >= 0.3 is 5.97 Å². The maximum Gasteiger partial charge on any atom is 0.332 e. The van der Waals surface area contributed by atoms with Gasteiger partial charge in [-0.3, -0.25) is 4.79 Å². The number of carbonyl (C=O) groups is 2. The van der Waals surface area contributed by atoms with Crippen LogP contribution in [0.2, 0.25) is 0 Å². The normalized spacial score (nSPS) is 48.5. The minimum atomic E-state index is -0.652. The lowest BCUT2D eigenvalue weighted by Gasteiger charge is -2.60. The van der Waals surface area contributed by atoms with Crippen LogP contribution in [0.15, 0.2) is 0 Å². The molecular weight excluding hydrogens is 332 g/mol. The number of aliphatic hydroxyl groups excluding tert-OH is 2. The van der Waals surface area contributed by atoms with Crippen molar-refractivity contribution in [2.24, 2.45) is 34.5 Å². The molecule has 3 saturated carbocycles. The van der Waals surface area contributed by atoms with Crippen molar-refractivity contribution in [1.82, 2.24) is 0 Å². The first kappa shape index (κ1) is 19.8. The van der Waals surface area contributed by atoms with Gasteiger partial charge in [-0.1, -0.05) is 34.1 Å². The number of rotatable bonds is 3. The Morgan fingerprint density at radius 2 is 2.00 bits per heavy atom. The van der Waals surface area contributed by atoms with Crippen LogP contribution in [0.25, 0.3) is 0 Å². The summed E-state index contributed by atoms with van der Waals surface area (Å²) in [4.78, 5) is 25.0. The second-order valence-electron chi connectivity index (χ2n) is 9.26. The molecule has 26 heavy (non-hydrogen) atoms. The third kappa shape index (κ3) is 2.65. The molecule has 0 heterocycles. The molecule has 0 aromatic rings. The Bertz CT molecular complexity index is 575. The van der Waals surface area contributed by atoms with E-state index < -0.39 is 30.2 Å². The van der Waals surface area contributed by atoms with Gasteiger partial charge < -0.3 is 14.9 Å². The molecule has 5 heteroatoms. The van der Waals surface area contributed by atoms with E-state index in [1.54, 1.807) is 0 Å². The zero-order chi connectivity index (χ0) is 19.3. The summed E-state index contributed by atoms with van der Waals surface area (Å²) < 4.78 is 5.75. The third-order valence-electron chi connectivity index (χ3n) is 8.50. The number of carbonyl (C=O) groups excluding carboxylic acids is 2. The predicted octanol–water partition coefficient (Wildman–Crippen LogP) is 2.72. The first-order valence-electron chi connectivity index (χ1n) is 10.2. The fourth-order valence-corrected chi connectivity index (χ4v) is 6.70. The summed E-state index contributed by atoms with van der Waals surface area (Å²) in [6.45, 7) is 7.81. The van der Waals surface area contributed by atoms with E-state index in [9.17, 15) is 19.8 Å². The van der Waals surface area contributed by atoms with E-state index in [0.29, 0.717) is 12.8 Å². The molecule has 2 N–H and O–H groups in total. The number of Topliss-reactive ketones (excluding diaryl/α,β-unsaturated/α-hetero) is 1. The van der Waals surface area contributed by atoms with Gasteiger partial charge in [-0.2, -0.15) is 0 Å². The van der Waals surface area contributed by atoms with Crippen molar-refractivity contribution in [3.05, 3.63) is 0 Å². The largest absolute Gasteiger partial charge is 0.460 e. The summed E-state index contributed by atoms with van der Waals surface area (Å²) in [6.07, 6.45) is 3.72. The maximum atomic E-state index is 13.1. The monoisotopic (exact) mass is 366 g/mol. The van der Waals surface area contributed by atoms with E-state index in [-0.39, 0.29) is 34.9 Å². The lowest BCUT2D eigenvalue weighted by atomic mass is 9.45. The second-order valence-corrected chi connectivity index (χ2v) is 9.26. The quantitative estimate of drug-likeness (QED) is 0.750. The molecule has 0 unspecified atom stereocenters. The molecule has 3 aliphatic carbocycles. The number of ether oxygens (including phenoxy) is 1. The summed E-state index contributed by atoms with van der Waals surface area (Å²) in [5, 5.41) is 20.4. The van der Waals surface area contributed by atoms with Crippen LogP contribution in [0.5, 0.6) is 0 Å². The molecule has 0 aromatic heterocycles. The molecule has 0 amide bonds. The van der Waals surface area contributed by atoms with Gasteiger partial charge in [0.15, 0.2) is 0 Å². The van der Waals surface area contributed by atoms with Crippen molar-refractivity contribution < 1.29 is 24.5 Å². The lowest BCUT2D eigenvalue weighted by Crippen LogP contribution is -2.61. The van der Waals surface area contributed by atoms with Crippen LogP contribution in [-0.2, 0) is 14.3 Å². The van der Waals surface area contributed by atoms with Crippen molar-refractivity contribution in [1.29, 1.82) is 0 Å². The molecule has 2 bridgehead atoms. The highest BCUT2D eigenvalue weighted by Crippen LogP contribution is 2.66. The van der Waals surface area contributed by atoms with Gasteiger partial charge in [0.2, 0.25) is 0 Å². The Morgan fingerprint density at radius 1 is 1.31 bits per heavy atom. The van der Waals surface area contributed by atoms with Gasteiger partial charge in [-0.05, 0) is 48.9 Å².